The predicted molar refractivity (Wildman–Crippen MR) is 121 cm³/mol. The van der Waals surface area contributed by atoms with Gasteiger partial charge in [0.1, 0.15) is 11.6 Å². The van der Waals surface area contributed by atoms with Gasteiger partial charge in [-0.2, -0.15) is 9.78 Å². The first-order chi connectivity index (χ1) is 15.2. The van der Waals surface area contributed by atoms with Gasteiger partial charge in [-0.05, 0) is 23.8 Å². The minimum absolute atomic E-state index is 0.0393. The van der Waals surface area contributed by atoms with Gasteiger partial charge in [0.2, 0.25) is 11.8 Å². The largest absolute Gasteiger partial charge is 0.497 e. The Morgan fingerprint density at radius 2 is 1.78 bits per heavy atom. The molecule has 2 heterocycles. The van der Waals surface area contributed by atoms with Crippen molar-refractivity contribution in [1.82, 2.24) is 25.1 Å². The van der Waals surface area contributed by atoms with Gasteiger partial charge in [0.15, 0.2) is 0 Å². The van der Waals surface area contributed by atoms with E-state index in [1.807, 2.05) is 39.0 Å². The molecular formula is C23H28N6O3. The molecular weight excluding hydrogens is 408 g/mol. The van der Waals surface area contributed by atoms with E-state index in [9.17, 15) is 9.59 Å². The zero-order valence-corrected chi connectivity index (χ0v) is 18.9. The summed E-state index contributed by atoms with van der Waals surface area (Å²) >= 11 is 0. The summed E-state index contributed by atoms with van der Waals surface area (Å²) in [5.74, 6) is 1.00. The van der Waals surface area contributed by atoms with Crippen molar-refractivity contribution in [2.45, 2.75) is 45.6 Å². The summed E-state index contributed by atoms with van der Waals surface area (Å²) in [5, 5.41) is 10.3. The lowest BCUT2D eigenvalue weighted by Gasteiger charge is -2.18. The molecule has 168 valence electrons. The van der Waals surface area contributed by atoms with Crippen molar-refractivity contribution in [1.29, 1.82) is 0 Å². The molecule has 0 aliphatic rings. The fourth-order valence-electron chi connectivity index (χ4n) is 3.10. The Labute approximate surface area is 187 Å². The third-order valence-electron chi connectivity index (χ3n) is 4.77. The number of nitrogens with zero attached hydrogens (tertiary/aromatic N) is 4. The number of nitrogens with one attached hydrogen (secondary N) is 2. The standard InChI is InChI=1S/C23H28N6O3/c1-15(30)26-18(16-7-9-17(32-5)10-8-16)13-21(31)27-20-14-19(23(2,3)4)28-29(20)22-24-11-6-12-25-22/h6-12,14,18H,13H2,1-5H3,(H,26,30)(H,27,31). The van der Waals surface area contributed by atoms with Crippen LogP contribution in [0.3, 0.4) is 0 Å². The second-order valence-corrected chi connectivity index (χ2v) is 8.40. The second-order valence-electron chi connectivity index (χ2n) is 8.40. The summed E-state index contributed by atoms with van der Waals surface area (Å²) in [4.78, 5) is 33.2. The van der Waals surface area contributed by atoms with Gasteiger partial charge in [-0.15, -0.1) is 0 Å². The van der Waals surface area contributed by atoms with E-state index in [2.05, 4.69) is 25.7 Å². The average molecular weight is 437 g/mol. The number of carbonyl (C=O) groups excluding carboxylic acids is 2. The van der Waals surface area contributed by atoms with E-state index < -0.39 is 6.04 Å². The first kappa shape index (κ1) is 22.9. The number of carbonyl (C=O) groups is 2. The maximum absolute atomic E-state index is 13.0. The number of hydrogen-bond donors (Lipinski definition) is 2. The highest BCUT2D eigenvalue weighted by atomic mass is 16.5. The Bertz CT molecular complexity index is 1070. The number of benzene rings is 1. The number of hydrogen-bond acceptors (Lipinski definition) is 6. The fraction of sp³-hybridized carbons (Fsp3) is 0.348. The highest BCUT2D eigenvalue weighted by Crippen LogP contribution is 2.26. The molecule has 1 aromatic carbocycles. The van der Waals surface area contributed by atoms with Crippen LogP contribution in [0.2, 0.25) is 0 Å². The highest BCUT2D eigenvalue weighted by molar-refractivity contribution is 5.91. The van der Waals surface area contributed by atoms with Crippen LogP contribution in [0, 0.1) is 0 Å². The maximum Gasteiger partial charge on any atom is 0.252 e. The molecule has 0 radical (unpaired) electrons. The Morgan fingerprint density at radius 3 is 2.34 bits per heavy atom. The summed E-state index contributed by atoms with van der Waals surface area (Å²) in [5.41, 5.74) is 1.35. The lowest BCUT2D eigenvalue weighted by molar-refractivity contribution is -0.120. The van der Waals surface area contributed by atoms with Crippen molar-refractivity contribution < 1.29 is 14.3 Å². The summed E-state index contributed by atoms with van der Waals surface area (Å²) in [6.07, 6.45) is 3.27. The highest BCUT2D eigenvalue weighted by Gasteiger charge is 2.24. The molecule has 0 spiro atoms. The number of rotatable bonds is 7. The number of ether oxygens (including phenoxy) is 1. The molecule has 9 nitrogen and oxygen atoms in total. The molecule has 0 saturated carbocycles. The predicted octanol–water partition coefficient (Wildman–Crippen LogP) is 3.17. The van der Waals surface area contributed by atoms with Crippen molar-refractivity contribution in [2.75, 3.05) is 12.4 Å². The Hall–Kier alpha value is -3.75. The van der Waals surface area contributed by atoms with Crippen LogP contribution >= 0.6 is 0 Å². The van der Waals surface area contributed by atoms with Crippen molar-refractivity contribution >= 4 is 17.6 Å². The van der Waals surface area contributed by atoms with Crippen LogP contribution < -0.4 is 15.4 Å². The molecule has 32 heavy (non-hydrogen) atoms. The molecule has 2 amide bonds. The molecule has 0 saturated heterocycles. The minimum atomic E-state index is -0.496. The topological polar surface area (TPSA) is 111 Å². The molecule has 9 heteroatoms. The molecule has 1 unspecified atom stereocenters. The number of aromatic nitrogens is 4. The number of anilines is 1. The number of amides is 2. The van der Waals surface area contributed by atoms with E-state index in [0.29, 0.717) is 17.5 Å². The molecule has 0 aliphatic heterocycles. The molecule has 3 rings (SSSR count). The van der Waals surface area contributed by atoms with Gasteiger partial charge in [-0.25, -0.2) is 9.97 Å². The van der Waals surface area contributed by atoms with Crippen LogP contribution in [0.15, 0.2) is 48.8 Å². The lowest BCUT2D eigenvalue weighted by atomic mass is 9.92. The van der Waals surface area contributed by atoms with Crippen LogP contribution in [-0.2, 0) is 15.0 Å². The van der Waals surface area contributed by atoms with E-state index in [1.54, 1.807) is 37.7 Å². The molecule has 3 aromatic rings. The van der Waals surface area contributed by atoms with E-state index in [0.717, 1.165) is 11.3 Å². The quantitative estimate of drug-likeness (QED) is 0.588. The van der Waals surface area contributed by atoms with Crippen LogP contribution in [0.5, 0.6) is 5.75 Å². The zero-order valence-electron chi connectivity index (χ0n) is 18.9. The van der Waals surface area contributed by atoms with Crippen LogP contribution in [-0.4, -0.2) is 38.7 Å². The van der Waals surface area contributed by atoms with Crippen molar-refractivity contribution in [2.24, 2.45) is 0 Å². The first-order valence-corrected chi connectivity index (χ1v) is 10.3. The summed E-state index contributed by atoms with van der Waals surface area (Å²) in [6, 6.07) is 10.3. The van der Waals surface area contributed by atoms with Crippen LogP contribution in [0.1, 0.15) is 51.4 Å². The molecule has 0 fully saturated rings. The SMILES string of the molecule is COc1ccc(C(CC(=O)Nc2cc(C(C)(C)C)nn2-c2ncccn2)NC(C)=O)cc1. The molecule has 0 aliphatic carbocycles. The Balaban J connectivity index is 1.85. The monoisotopic (exact) mass is 436 g/mol. The van der Waals surface area contributed by atoms with Crippen molar-refractivity contribution in [3.63, 3.8) is 0 Å². The normalized spacial score (nSPS) is 12.2. The minimum Gasteiger partial charge on any atom is -0.497 e. The van der Waals surface area contributed by atoms with Crippen LogP contribution in [0.25, 0.3) is 5.95 Å². The summed E-state index contributed by atoms with van der Waals surface area (Å²) in [7, 11) is 1.58. The second kappa shape index (κ2) is 9.59. The van der Waals surface area contributed by atoms with E-state index in [4.69, 9.17) is 4.74 Å². The smallest absolute Gasteiger partial charge is 0.252 e. The van der Waals surface area contributed by atoms with Gasteiger partial charge in [0, 0.05) is 30.8 Å². The molecule has 2 N–H and O–H groups in total. The summed E-state index contributed by atoms with van der Waals surface area (Å²) in [6.45, 7) is 7.53. The van der Waals surface area contributed by atoms with Gasteiger partial charge in [-0.1, -0.05) is 32.9 Å². The van der Waals surface area contributed by atoms with Gasteiger partial charge in [0.05, 0.1) is 25.3 Å². The third kappa shape index (κ3) is 5.69. The molecule has 2 aromatic heterocycles. The van der Waals surface area contributed by atoms with Gasteiger partial charge >= 0.3 is 0 Å². The molecule has 0 bridgehead atoms. The zero-order chi connectivity index (χ0) is 23.3. The third-order valence-corrected chi connectivity index (χ3v) is 4.77. The van der Waals surface area contributed by atoms with Crippen molar-refractivity contribution in [3.05, 3.63) is 60.0 Å². The lowest BCUT2D eigenvalue weighted by Crippen LogP contribution is -2.30. The van der Waals surface area contributed by atoms with Crippen molar-refractivity contribution in [3.8, 4) is 11.7 Å². The van der Waals surface area contributed by atoms with Crippen LogP contribution in [0.4, 0.5) is 5.82 Å². The Morgan fingerprint density at radius 1 is 1.12 bits per heavy atom. The van der Waals surface area contributed by atoms with E-state index in [1.165, 1.54) is 11.6 Å². The van der Waals surface area contributed by atoms with Gasteiger partial charge in [-0.3, -0.25) is 9.59 Å². The van der Waals surface area contributed by atoms with Gasteiger partial charge < -0.3 is 15.4 Å². The number of methoxy groups -OCH3 is 1. The average Bonchev–Trinajstić information content (AvgIpc) is 3.18. The molecule has 1 atom stereocenters. The first-order valence-electron chi connectivity index (χ1n) is 10.3. The Kier molecular flexibility index (Phi) is 6.87. The van der Waals surface area contributed by atoms with Gasteiger partial charge in [0.25, 0.3) is 5.95 Å². The van der Waals surface area contributed by atoms with E-state index >= 15 is 0 Å². The fourth-order valence-corrected chi connectivity index (χ4v) is 3.10. The summed E-state index contributed by atoms with van der Waals surface area (Å²) < 4.78 is 6.70. The maximum atomic E-state index is 13.0. The van der Waals surface area contributed by atoms with E-state index in [-0.39, 0.29) is 23.7 Å².